The minimum atomic E-state index is -0.234. The van der Waals surface area contributed by atoms with Crippen LogP contribution >= 0.6 is 0 Å². The molecule has 1 fully saturated rings. The van der Waals surface area contributed by atoms with E-state index in [1.807, 2.05) is 0 Å². The number of hydrogen-bond acceptors (Lipinski definition) is 4. The van der Waals surface area contributed by atoms with Crippen LogP contribution < -0.4 is 15.4 Å². The Morgan fingerprint density at radius 3 is 3.00 bits per heavy atom. The van der Waals surface area contributed by atoms with E-state index in [9.17, 15) is 4.79 Å². The Balaban J connectivity index is 1.91. The second-order valence-corrected chi connectivity index (χ2v) is 4.66. The summed E-state index contributed by atoms with van der Waals surface area (Å²) in [4.78, 5) is 19.6. The third-order valence-corrected chi connectivity index (χ3v) is 3.15. The molecule has 2 amide bonds. The molecule has 2 N–H and O–H groups in total. The quantitative estimate of drug-likeness (QED) is 0.857. The smallest absolute Gasteiger partial charge is 0.319 e. The fourth-order valence-electron chi connectivity index (χ4n) is 2.25. The molecule has 0 aromatic carbocycles. The number of amides is 2. The van der Waals surface area contributed by atoms with Gasteiger partial charge in [-0.15, -0.1) is 0 Å². The molecule has 2 atom stereocenters. The number of aromatic nitrogens is 2. The van der Waals surface area contributed by atoms with E-state index in [0.29, 0.717) is 17.5 Å². The third kappa shape index (κ3) is 3.09. The van der Waals surface area contributed by atoms with Gasteiger partial charge >= 0.3 is 6.03 Å². The molecule has 6 heteroatoms. The van der Waals surface area contributed by atoms with E-state index in [-0.39, 0.29) is 12.1 Å². The number of hydrogen-bond donors (Lipinski definition) is 2. The normalized spacial score (nSPS) is 22.6. The highest BCUT2D eigenvalue weighted by Crippen LogP contribution is 2.25. The Morgan fingerprint density at radius 1 is 1.50 bits per heavy atom. The van der Waals surface area contributed by atoms with E-state index >= 15 is 0 Å². The summed E-state index contributed by atoms with van der Waals surface area (Å²) in [6.45, 7) is 2.20. The van der Waals surface area contributed by atoms with Gasteiger partial charge in [-0.2, -0.15) is 4.98 Å². The Morgan fingerprint density at radius 2 is 2.33 bits per heavy atom. The molecular formula is C12H18N4O2. The van der Waals surface area contributed by atoms with Crippen LogP contribution in [-0.2, 0) is 0 Å². The van der Waals surface area contributed by atoms with Gasteiger partial charge in [0.05, 0.1) is 13.3 Å². The van der Waals surface area contributed by atoms with Crippen molar-refractivity contribution < 1.29 is 9.53 Å². The molecule has 0 spiro atoms. The average Bonchev–Trinajstić information content (AvgIpc) is 2.75. The summed E-state index contributed by atoms with van der Waals surface area (Å²) >= 11 is 0. The van der Waals surface area contributed by atoms with Crippen LogP contribution in [0.3, 0.4) is 0 Å². The first-order valence-electron chi connectivity index (χ1n) is 6.10. The minimum absolute atomic E-state index is 0.234. The lowest BCUT2D eigenvalue weighted by atomic mass is 10.1. The van der Waals surface area contributed by atoms with E-state index in [2.05, 4.69) is 27.5 Å². The SMILES string of the molecule is COc1ncncc1NC(=O)N[C@@H]1CC[C@@H](C)C1. The lowest BCUT2D eigenvalue weighted by molar-refractivity contribution is 0.248. The van der Waals surface area contributed by atoms with Crippen LogP contribution in [0, 0.1) is 5.92 Å². The van der Waals surface area contributed by atoms with Crippen molar-refractivity contribution in [1.29, 1.82) is 0 Å². The monoisotopic (exact) mass is 250 g/mol. The van der Waals surface area contributed by atoms with Crippen molar-refractivity contribution in [2.24, 2.45) is 5.92 Å². The Bertz CT molecular complexity index is 424. The fourth-order valence-corrected chi connectivity index (χ4v) is 2.25. The summed E-state index contributed by atoms with van der Waals surface area (Å²) in [7, 11) is 1.50. The molecule has 1 heterocycles. The molecule has 1 saturated carbocycles. The van der Waals surface area contributed by atoms with E-state index in [0.717, 1.165) is 12.8 Å². The predicted octanol–water partition coefficient (Wildman–Crippen LogP) is 1.80. The Kier molecular flexibility index (Phi) is 3.96. The summed E-state index contributed by atoms with van der Waals surface area (Å²) in [5.74, 6) is 1.05. The van der Waals surface area contributed by atoms with Crippen LogP contribution in [0.4, 0.5) is 10.5 Å². The molecule has 1 aromatic rings. The zero-order valence-corrected chi connectivity index (χ0v) is 10.6. The van der Waals surface area contributed by atoms with Crippen LogP contribution in [0.2, 0.25) is 0 Å². The van der Waals surface area contributed by atoms with Crippen LogP contribution in [0.5, 0.6) is 5.88 Å². The number of methoxy groups -OCH3 is 1. The van der Waals surface area contributed by atoms with Crippen molar-refractivity contribution in [1.82, 2.24) is 15.3 Å². The van der Waals surface area contributed by atoms with Gasteiger partial charge in [-0.25, -0.2) is 9.78 Å². The molecule has 6 nitrogen and oxygen atoms in total. The van der Waals surface area contributed by atoms with Crippen LogP contribution in [-0.4, -0.2) is 29.2 Å². The maximum atomic E-state index is 11.8. The highest BCUT2D eigenvalue weighted by atomic mass is 16.5. The molecule has 0 unspecified atom stereocenters. The average molecular weight is 250 g/mol. The first-order chi connectivity index (χ1) is 8.69. The number of carbonyl (C=O) groups excluding carboxylic acids is 1. The highest BCUT2D eigenvalue weighted by Gasteiger charge is 2.22. The second-order valence-electron chi connectivity index (χ2n) is 4.66. The minimum Gasteiger partial charge on any atom is -0.479 e. The first kappa shape index (κ1) is 12.6. The van der Waals surface area contributed by atoms with Crippen molar-refractivity contribution >= 4 is 11.7 Å². The molecule has 0 bridgehead atoms. The molecular weight excluding hydrogens is 232 g/mol. The number of carbonyl (C=O) groups is 1. The molecule has 0 radical (unpaired) electrons. The van der Waals surface area contributed by atoms with Gasteiger partial charge in [0.15, 0.2) is 0 Å². The molecule has 1 aliphatic rings. The molecule has 98 valence electrons. The Labute approximate surface area is 106 Å². The summed E-state index contributed by atoms with van der Waals surface area (Å²) in [5.41, 5.74) is 0.476. The molecule has 0 aliphatic heterocycles. The van der Waals surface area contributed by atoms with Gasteiger partial charge in [-0.3, -0.25) is 0 Å². The largest absolute Gasteiger partial charge is 0.479 e. The third-order valence-electron chi connectivity index (χ3n) is 3.15. The lowest BCUT2D eigenvalue weighted by Gasteiger charge is -2.14. The van der Waals surface area contributed by atoms with Crippen molar-refractivity contribution in [3.8, 4) is 5.88 Å². The van der Waals surface area contributed by atoms with Crippen molar-refractivity contribution in [3.63, 3.8) is 0 Å². The molecule has 0 saturated heterocycles. The van der Waals surface area contributed by atoms with Gasteiger partial charge in [0.1, 0.15) is 12.0 Å². The maximum absolute atomic E-state index is 11.8. The number of rotatable bonds is 3. The number of urea groups is 1. The molecule has 2 rings (SSSR count). The zero-order valence-electron chi connectivity index (χ0n) is 10.6. The molecule has 1 aliphatic carbocycles. The maximum Gasteiger partial charge on any atom is 0.319 e. The highest BCUT2D eigenvalue weighted by molar-refractivity contribution is 5.90. The second kappa shape index (κ2) is 5.66. The van der Waals surface area contributed by atoms with E-state index in [4.69, 9.17) is 4.74 Å². The predicted molar refractivity (Wildman–Crippen MR) is 67.5 cm³/mol. The van der Waals surface area contributed by atoms with E-state index in [1.165, 1.54) is 26.1 Å². The van der Waals surface area contributed by atoms with Crippen LogP contribution in [0.1, 0.15) is 26.2 Å². The summed E-state index contributed by atoms with van der Waals surface area (Å²) in [6.07, 6.45) is 6.14. The number of nitrogens with zero attached hydrogens (tertiary/aromatic N) is 2. The summed E-state index contributed by atoms with van der Waals surface area (Å²) < 4.78 is 5.04. The van der Waals surface area contributed by atoms with Gasteiger partial charge in [-0.1, -0.05) is 6.92 Å². The van der Waals surface area contributed by atoms with Gasteiger partial charge in [-0.05, 0) is 25.2 Å². The number of nitrogens with one attached hydrogen (secondary N) is 2. The van der Waals surface area contributed by atoms with Gasteiger partial charge in [0.25, 0.3) is 0 Å². The van der Waals surface area contributed by atoms with E-state index < -0.39 is 0 Å². The molecule has 18 heavy (non-hydrogen) atoms. The number of anilines is 1. The van der Waals surface area contributed by atoms with Crippen LogP contribution in [0.15, 0.2) is 12.5 Å². The summed E-state index contributed by atoms with van der Waals surface area (Å²) in [5, 5.41) is 5.65. The first-order valence-corrected chi connectivity index (χ1v) is 6.10. The Hall–Kier alpha value is -1.85. The van der Waals surface area contributed by atoms with Crippen molar-refractivity contribution in [2.75, 3.05) is 12.4 Å². The standard InChI is InChI=1S/C12H18N4O2/c1-8-3-4-9(5-8)15-12(17)16-10-6-13-7-14-11(10)18-2/h6-9H,3-5H2,1-2H3,(H2,15,16,17)/t8-,9-/m1/s1. The molecule has 1 aromatic heterocycles. The zero-order chi connectivity index (χ0) is 13.0. The van der Waals surface area contributed by atoms with E-state index in [1.54, 1.807) is 0 Å². The van der Waals surface area contributed by atoms with Crippen LogP contribution in [0.25, 0.3) is 0 Å². The summed E-state index contributed by atoms with van der Waals surface area (Å²) in [6, 6.07) is 0.0258. The fraction of sp³-hybridized carbons (Fsp3) is 0.583. The van der Waals surface area contributed by atoms with Crippen molar-refractivity contribution in [3.05, 3.63) is 12.5 Å². The van der Waals surface area contributed by atoms with Gasteiger partial charge < -0.3 is 15.4 Å². The lowest BCUT2D eigenvalue weighted by Crippen LogP contribution is -2.36. The van der Waals surface area contributed by atoms with Crippen molar-refractivity contribution in [2.45, 2.75) is 32.2 Å². The topological polar surface area (TPSA) is 76.1 Å². The van der Waals surface area contributed by atoms with Gasteiger partial charge in [0, 0.05) is 6.04 Å². The number of ether oxygens (including phenoxy) is 1. The van der Waals surface area contributed by atoms with Gasteiger partial charge in [0.2, 0.25) is 5.88 Å².